The Balaban J connectivity index is 1.06. The number of hydrazone groups is 1. The van der Waals surface area contributed by atoms with Crippen LogP contribution in [-0.4, -0.2) is 49.3 Å². The van der Waals surface area contributed by atoms with Crippen LogP contribution in [-0.2, 0) is 28.3 Å². The lowest BCUT2D eigenvalue weighted by Crippen LogP contribution is -2.44. The summed E-state index contributed by atoms with van der Waals surface area (Å²) < 4.78 is 1.72. The molecule has 3 atom stereocenters. The maximum Gasteiger partial charge on any atom is 0.264 e. The van der Waals surface area contributed by atoms with Crippen molar-refractivity contribution in [1.82, 2.24) is 15.0 Å². The molecule has 0 radical (unpaired) electrons. The number of anilines is 2. The third-order valence-corrected chi connectivity index (χ3v) is 10.0. The van der Waals surface area contributed by atoms with Crippen LogP contribution in [0.1, 0.15) is 60.1 Å². The zero-order valence-corrected chi connectivity index (χ0v) is 29.5. The van der Waals surface area contributed by atoms with Gasteiger partial charge in [0.15, 0.2) is 5.60 Å². The van der Waals surface area contributed by atoms with E-state index in [1.807, 2.05) is 110 Å². The molecule has 2 amide bonds. The molecular weight excluding hydrogens is 676 g/mol. The molecule has 1 aromatic heterocycles. The van der Waals surface area contributed by atoms with Gasteiger partial charge in [-0.1, -0.05) is 109 Å². The number of aryl methyl sites for hydroxylation is 1. The Hall–Kier alpha value is -5.42. The third-order valence-electron chi connectivity index (χ3n) is 9.77. The van der Waals surface area contributed by atoms with E-state index in [0.29, 0.717) is 53.5 Å². The quantitative estimate of drug-likeness (QED) is 0.140. The average molecular weight is 715 g/mol. The lowest BCUT2D eigenvalue weighted by molar-refractivity contribution is -0.139. The minimum absolute atomic E-state index is 0.0804. The van der Waals surface area contributed by atoms with E-state index in [4.69, 9.17) is 16.7 Å². The van der Waals surface area contributed by atoms with Crippen LogP contribution in [0.15, 0.2) is 127 Å². The Kier molecular flexibility index (Phi) is 10.1. The van der Waals surface area contributed by atoms with Gasteiger partial charge in [0, 0.05) is 42.1 Å². The molecular formula is C41H39ClN6O4. The first-order chi connectivity index (χ1) is 25.3. The van der Waals surface area contributed by atoms with Gasteiger partial charge in [-0.3, -0.25) is 14.3 Å². The number of nitrogens with zero attached hydrogens (tertiary/aromatic N) is 6. The molecule has 11 heteroatoms. The average Bonchev–Trinajstić information content (AvgIpc) is 3.72. The van der Waals surface area contributed by atoms with Gasteiger partial charge in [0.1, 0.15) is 0 Å². The van der Waals surface area contributed by atoms with Gasteiger partial charge in [-0.2, -0.15) is 5.10 Å². The molecule has 0 saturated carbocycles. The number of aliphatic hydroxyl groups excluding tert-OH is 1. The summed E-state index contributed by atoms with van der Waals surface area (Å²) in [5.74, 6) is -1.41. The summed E-state index contributed by atoms with van der Waals surface area (Å²) in [6.07, 6.45) is 7.08. The molecule has 0 spiro atoms. The van der Waals surface area contributed by atoms with Crippen molar-refractivity contribution in [3.05, 3.63) is 154 Å². The third kappa shape index (κ3) is 6.92. The van der Waals surface area contributed by atoms with Gasteiger partial charge in [-0.05, 0) is 53.4 Å². The van der Waals surface area contributed by atoms with Crippen LogP contribution < -0.4 is 9.91 Å². The molecule has 0 bridgehead atoms. The Bertz CT molecular complexity index is 2140. The number of halogens is 1. The SMILES string of the molecule is C[C@@H](/C=C/CCn1cc(C(CO)c2ccccc2)nn1)[C@]1(O)C(=O)N(Cc2cccc(N3N=C(c4ccccc4)CCC3=O)c2)c2ccc(Cl)cc21. The van der Waals surface area contributed by atoms with E-state index in [-0.39, 0.29) is 25.0 Å². The predicted octanol–water partition coefficient (Wildman–Crippen LogP) is 6.60. The zero-order valence-electron chi connectivity index (χ0n) is 28.7. The van der Waals surface area contributed by atoms with Crippen LogP contribution in [0.25, 0.3) is 0 Å². The Morgan fingerprint density at radius 1 is 0.942 bits per heavy atom. The van der Waals surface area contributed by atoms with Gasteiger partial charge in [0.25, 0.3) is 5.91 Å². The van der Waals surface area contributed by atoms with Gasteiger partial charge in [-0.15, -0.1) is 5.10 Å². The number of hydrogen-bond acceptors (Lipinski definition) is 7. The second kappa shape index (κ2) is 15.1. The van der Waals surface area contributed by atoms with Crippen LogP contribution in [0.4, 0.5) is 11.4 Å². The molecule has 264 valence electrons. The lowest BCUT2D eigenvalue weighted by atomic mass is 9.83. The number of carbonyl (C=O) groups is 2. The topological polar surface area (TPSA) is 124 Å². The molecule has 2 aliphatic heterocycles. The van der Waals surface area contributed by atoms with E-state index >= 15 is 0 Å². The largest absolute Gasteiger partial charge is 0.395 e. The number of aliphatic hydroxyl groups is 2. The number of aromatic nitrogens is 3. The predicted molar refractivity (Wildman–Crippen MR) is 201 cm³/mol. The van der Waals surface area contributed by atoms with Gasteiger partial charge < -0.3 is 15.1 Å². The number of carbonyl (C=O) groups excluding carboxylic acids is 2. The highest BCUT2D eigenvalue weighted by molar-refractivity contribution is 6.31. The summed E-state index contributed by atoms with van der Waals surface area (Å²) in [7, 11) is 0. The lowest BCUT2D eigenvalue weighted by Gasteiger charge is -2.28. The maximum absolute atomic E-state index is 14.2. The van der Waals surface area contributed by atoms with Gasteiger partial charge >= 0.3 is 0 Å². The smallest absolute Gasteiger partial charge is 0.264 e. The number of hydrogen-bond donors (Lipinski definition) is 2. The van der Waals surface area contributed by atoms with Gasteiger partial charge in [0.05, 0.1) is 41.8 Å². The first kappa shape index (κ1) is 35.0. The Labute approximate surface area is 307 Å². The number of benzene rings is 4. The summed E-state index contributed by atoms with van der Waals surface area (Å²) >= 11 is 6.42. The van der Waals surface area contributed by atoms with Crippen molar-refractivity contribution >= 4 is 40.5 Å². The Morgan fingerprint density at radius 3 is 2.48 bits per heavy atom. The van der Waals surface area contributed by atoms with Crippen molar-refractivity contribution in [2.75, 3.05) is 16.5 Å². The van der Waals surface area contributed by atoms with E-state index in [9.17, 15) is 19.8 Å². The second-order valence-electron chi connectivity index (χ2n) is 13.2. The van der Waals surface area contributed by atoms with Crippen LogP contribution in [0.2, 0.25) is 5.02 Å². The van der Waals surface area contributed by atoms with E-state index in [1.54, 1.807) is 27.8 Å². The molecule has 5 aromatic rings. The first-order valence-electron chi connectivity index (χ1n) is 17.4. The molecule has 7 rings (SSSR count). The fourth-order valence-corrected chi connectivity index (χ4v) is 7.09. The molecule has 0 fully saturated rings. The molecule has 2 N–H and O–H groups in total. The van der Waals surface area contributed by atoms with Crippen LogP contribution in [0.3, 0.4) is 0 Å². The number of rotatable bonds is 12. The molecule has 3 heterocycles. The molecule has 0 aliphatic carbocycles. The molecule has 52 heavy (non-hydrogen) atoms. The standard InChI is InChI=1S/C41H39ClN6O4/c1-28(11-8-9-22-46-26-37(43-45-46)34(27-49)30-13-4-2-5-14-30)41(52)35-24-32(42)18-20-38(35)47(40(41)51)25-29-12-10-17-33(23-29)48-39(50)21-19-36(44-48)31-15-6-3-7-16-31/h2-8,10-18,20,23-24,26,28,34,49,52H,9,19,21-22,25,27H2,1H3/b11-8+/t28-,34?,41+/m0/s1. The van der Waals surface area contributed by atoms with Crippen molar-refractivity contribution in [1.29, 1.82) is 0 Å². The number of fused-ring (bicyclic) bond motifs is 1. The normalized spacial score (nSPS) is 18.5. The maximum atomic E-state index is 14.2. The molecule has 4 aromatic carbocycles. The summed E-state index contributed by atoms with van der Waals surface area (Å²) in [5, 5.41) is 37.3. The minimum atomic E-state index is -1.85. The van der Waals surface area contributed by atoms with Crippen LogP contribution in [0, 0.1) is 5.92 Å². The molecule has 2 aliphatic rings. The molecule has 0 saturated heterocycles. The van der Waals surface area contributed by atoms with Gasteiger partial charge in [0.2, 0.25) is 5.91 Å². The van der Waals surface area contributed by atoms with Crippen molar-refractivity contribution in [3.63, 3.8) is 0 Å². The van der Waals surface area contributed by atoms with Crippen molar-refractivity contribution in [2.45, 2.75) is 50.8 Å². The summed E-state index contributed by atoms with van der Waals surface area (Å²) in [6.45, 7) is 2.43. The zero-order chi connectivity index (χ0) is 36.2. The van der Waals surface area contributed by atoms with E-state index in [1.165, 1.54) is 5.01 Å². The van der Waals surface area contributed by atoms with Crippen LogP contribution >= 0.6 is 11.6 Å². The van der Waals surface area contributed by atoms with Gasteiger partial charge in [-0.25, -0.2) is 5.01 Å². The highest BCUT2D eigenvalue weighted by Gasteiger charge is 2.52. The highest BCUT2D eigenvalue weighted by Crippen LogP contribution is 2.47. The minimum Gasteiger partial charge on any atom is -0.395 e. The molecule has 10 nitrogen and oxygen atoms in total. The first-order valence-corrected chi connectivity index (χ1v) is 17.8. The molecule has 1 unspecified atom stereocenters. The van der Waals surface area contributed by atoms with Crippen molar-refractivity contribution < 1.29 is 19.8 Å². The van der Waals surface area contributed by atoms with E-state index in [2.05, 4.69) is 10.3 Å². The van der Waals surface area contributed by atoms with Crippen molar-refractivity contribution in [2.24, 2.45) is 11.0 Å². The number of amides is 2. The second-order valence-corrected chi connectivity index (χ2v) is 13.6. The fraction of sp³-hybridized carbons (Fsp3) is 0.244. The van der Waals surface area contributed by atoms with Crippen LogP contribution in [0.5, 0.6) is 0 Å². The summed E-state index contributed by atoms with van der Waals surface area (Å²) in [4.78, 5) is 28.8. The monoisotopic (exact) mass is 714 g/mol. The fourth-order valence-electron chi connectivity index (χ4n) is 6.92. The Morgan fingerprint density at radius 2 is 1.71 bits per heavy atom. The summed E-state index contributed by atoms with van der Waals surface area (Å²) in [6, 6.07) is 32.0. The highest BCUT2D eigenvalue weighted by atomic mass is 35.5. The van der Waals surface area contributed by atoms with E-state index in [0.717, 1.165) is 22.4 Å². The van der Waals surface area contributed by atoms with E-state index < -0.39 is 17.4 Å². The van der Waals surface area contributed by atoms with Crippen molar-refractivity contribution in [3.8, 4) is 0 Å². The summed E-state index contributed by atoms with van der Waals surface area (Å²) in [5.41, 5.74) is 4.01. The number of allylic oxidation sites excluding steroid dienone is 1.